The maximum atomic E-state index is 14.2. The van der Waals surface area contributed by atoms with Crippen LogP contribution >= 0.6 is 0 Å². The molecule has 20 N–H and O–H groups in total. The summed E-state index contributed by atoms with van der Waals surface area (Å²) in [4.78, 5) is 150. The van der Waals surface area contributed by atoms with Crippen LogP contribution in [0.4, 0.5) is 0 Å². The van der Waals surface area contributed by atoms with Gasteiger partial charge in [-0.25, -0.2) is 9.78 Å². The zero-order chi connectivity index (χ0) is 59.5. The number of hydrogen-bond donors (Lipinski definition) is 15. The van der Waals surface area contributed by atoms with Gasteiger partial charge in [-0.3, -0.25) is 53.1 Å². The topological polar surface area (TPSA) is 474 Å². The minimum atomic E-state index is -1.30. The van der Waals surface area contributed by atoms with E-state index in [1.807, 2.05) is 6.92 Å². The summed E-state index contributed by atoms with van der Waals surface area (Å²) in [7, 11) is 0. The lowest BCUT2D eigenvalue weighted by molar-refractivity contribution is -0.142. The number of carbonyl (C=O) groups excluding carboxylic acids is 9. The molecule has 2 heterocycles. The monoisotopic (exact) mass is 1120 g/mol. The third kappa shape index (κ3) is 22.5. The van der Waals surface area contributed by atoms with Crippen molar-refractivity contribution in [1.82, 2.24) is 57.4 Å². The minimum Gasteiger partial charge on any atom is -0.480 e. The number of rotatable bonds is 34. The summed E-state index contributed by atoms with van der Waals surface area (Å²) in [6, 6.07) is -0.767. The van der Waals surface area contributed by atoms with Gasteiger partial charge in [0.25, 0.3) is 0 Å². The number of benzene rings is 1. The highest BCUT2D eigenvalue weighted by Crippen LogP contribution is 2.18. The zero-order valence-corrected chi connectivity index (χ0v) is 46.1. The fraction of sp³-hybridized carbons (Fsp3) is 0.588. The molecule has 0 bridgehead atoms. The number of amides is 9. The Bertz CT molecular complexity index is 2450. The number of guanidine groups is 2. The van der Waals surface area contributed by atoms with Crippen LogP contribution in [0.1, 0.15) is 97.2 Å². The number of nitrogens with two attached hydrogens (primary N) is 5. The number of nitrogens with one attached hydrogen (secondary N) is 9. The average molecular weight is 1120 g/mol. The average Bonchev–Trinajstić information content (AvgIpc) is 4.15. The SMILES string of the molecule is CC[C@H](C)[C@H](NC(=O)[C@H](Cc1cnc[nH]1)NC(=O)[C@@H](NC(=O)[C@@H](N)CCCN=C(N)N)[C@@H](C)CC)C(=O)NCC(=O)N1CCC[C@H]1C(=O)NCC(=O)N[C@@H](CCCN=C(N)N)C(=O)N[C@@H](C)C(=O)N[C@@H](Cc1ccccc1)C(=O)O. The van der Waals surface area contributed by atoms with Gasteiger partial charge in [0.1, 0.15) is 42.3 Å². The first-order chi connectivity index (χ1) is 37.9. The largest absolute Gasteiger partial charge is 0.480 e. The lowest BCUT2D eigenvalue weighted by atomic mass is 9.96. The number of carbonyl (C=O) groups is 10. The van der Waals surface area contributed by atoms with Crippen molar-refractivity contribution in [2.75, 3.05) is 32.7 Å². The third-order valence-corrected chi connectivity index (χ3v) is 13.5. The van der Waals surface area contributed by atoms with Crippen LogP contribution < -0.4 is 71.2 Å². The highest BCUT2D eigenvalue weighted by atomic mass is 16.4. The molecule has 29 nitrogen and oxygen atoms in total. The number of imidazole rings is 1. The van der Waals surface area contributed by atoms with Crippen molar-refractivity contribution < 1.29 is 53.1 Å². The molecule has 0 saturated carbocycles. The summed E-state index contributed by atoms with van der Waals surface area (Å²) in [6.45, 7) is 7.74. The van der Waals surface area contributed by atoms with Gasteiger partial charge in [-0.1, -0.05) is 70.9 Å². The second kappa shape index (κ2) is 33.8. The third-order valence-electron chi connectivity index (χ3n) is 13.5. The Kier molecular flexibility index (Phi) is 27.9. The first-order valence-corrected chi connectivity index (χ1v) is 26.7. The number of hydrogen-bond acceptors (Lipinski definition) is 14. The fourth-order valence-corrected chi connectivity index (χ4v) is 8.40. The van der Waals surface area contributed by atoms with Crippen LogP contribution in [-0.4, -0.2) is 172 Å². The number of aromatic nitrogens is 2. The van der Waals surface area contributed by atoms with Crippen molar-refractivity contribution in [1.29, 1.82) is 0 Å². The Balaban J connectivity index is 1.65. The van der Waals surface area contributed by atoms with Crippen molar-refractivity contribution in [2.24, 2.45) is 50.5 Å². The quantitative estimate of drug-likeness (QED) is 0.0180. The molecule has 0 spiro atoms. The van der Waals surface area contributed by atoms with Gasteiger partial charge in [0.2, 0.25) is 53.2 Å². The Labute approximate surface area is 464 Å². The van der Waals surface area contributed by atoms with Crippen molar-refractivity contribution in [3.05, 3.63) is 54.1 Å². The van der Waals surface area contributed by atoms with Crippen molar-refractivity contribution in [2.45, 2.75) is 147 Å². The van der Waals surface area contributed by atoms with Gasteiger partial charge in [0.05, 0.1) is 25.5 Å². The molecule has 1 aliphatic heterocycles. The molecule has 3 rings (SSSR count). The number of carboxylic acids is 1. The molecule has 1 aromatic carbocycles. The molecule has 0 radical (unpaired) electrons. The van der Waals surface area contributed by atoms with Crippen LogP contribution in [0.2, 0.25) is 0 Å². The molecule has 442 valence electrons. The number of aliphatic imine (C=N–C) groups is 2. The summed E-state index contributed by atoms with van der Waals surface area (Å²) in [5.74, 6) is -8.89. The summed E-state index contributed by atoms with van der Waals surface area (Å²) in [5.41, 5.74) is 28.9. The second-order valence-corrected chi connectivity index (χ2v) is 19.7. The standard InChI is InChI=1S/C51H82N18O11/c1-6-28(3)40(68-45(75)35(23-32-24-57-27-62-32)65-48(78)41(29(4)7-2)67-43(73)33(52)16-11-19-58-50(53)54)47(77)61-26-39(71)69-21-13-18-37(69)46(76)60-25-38(70)64-34(17-12-20-59-51(55)56)44(74)63-30(5)42(72)66-36(49(79)80)22-31-14-9-8-10-15-31/h8-10,14-15,24,27-30,33-37,40-41H,6-7,11-13,16-23,25-26,52H2,1-5H3,(H,57,62)(H,60,76)(H,61,77)(H,63,74)(H,64,70)(H,65,78)(H,66,72)(H,67,73)(H,68,75)(H,79,80)(H4,53,54,58)(H4,55,56,59)/t28-,29-,30-,33-,34-,35-,36-,37-,40-,41-/m0/s1. The van der Waals surface area contributed by atoms with Crippen molar-refractivity contribution in [3.8, 4) is 0 Å². The number of carboxylic acid groups (broad SMARTS) is 1. The molecule has 1 saturated heterocycles. The van der Waals surface area contributed by atoms with Crippen molar-refractivity contribution in [3.63, 3.8) is 0 Å². The molecule has 0 aliphatic carbocycles. The van der Waals surface area contributed by atoms with Gasteiger partial charge in [0.15, 0.2) is 11.9 Å². The van der Waals surface area contributed by atoms with E-state index < -0.39 is 132 Å². The molecule has 1 fully saturated rings. The number of aliphatic carboxylic acids is 1. The van der Waals surface area contributed by atoms with Gasteiger partial charge in [-0.2, -0.15) is 0 Å². The molecule has 1 aliphatic rings. The second-order valence-electron chi connectivity index (χ2n) is 19.7. The molecule has 80 heavy (non-hydrogen) atoms. The first kappa shape index (κ1) is 65.9. The van der Waals surface area contributed by atoms with E-state index in [0.29, 0.717) is 36.9 Å². The maximum Gasteiger partial charge on any atom is 0.326 e. The summed E-state index contributed by atoms with van der Waals surface area (Å²) < 4.78 is 0. The van der Waals surface area contributed by atoms with Gasteiger partial charge in [0, 0.05) is 44.4 Å². The smallest absolute Gasteiger partial charge is 0.326 e. The highest BCUT2D eigenvalue weighted by molar-refractivity contribution is 5.97. The Morgan fingerprint density at radius 1 is 0.688 bits per heavy atom. The van der Waals surface area contributed by atoms with E-state index >= 15 is 0 Å². The van der Waals surface area contributed by atoms with Crippen molar-refractivity contribution >= 4 is 71.1 Å². The lowest BCUT2D eigenvalue weighted by Crippen LogP contribution is -2.60. The van der Waals surface area contributed by atoms with Crippen LogP contribution in [0.25, 0.3) is 0 Å². The van der Waals surface area contributed by atoms with Gasteiger partial charge >= 0.3 is 5.97 Å². The number of aromatic amines is 1. The normalized spacial score (nSPS) is 16.2. The number of nitrogens with zero attached hydrogens (tertiary/aromatic N) is 4. The highest BCUT2D eigenvalue weighted by Gasteiger charge is 2.37. The van der Waals surface area contributed by atoms with Crippen LogP contribution in [0.3, 0.4) is 0 Å². The van der Waals surface area contributed by atoms with Gasteiger partial charge in [-0.15, -0.1) is 0 Å². The number of likely N-dealkylation sites (tertiary alicyclic amines) is 1. The van der Waals surface area contributed by atoms with Crippen LogP contribution in [0.5, 0.6) is 0 Å². The van der Waals surface area contributed by atoms with E-state index in [1.54, 1.807) is 51.1 Å². The Morgan fingerprint density at radius 3 is 1.86 bits per heavy atom. The number of H-pyrrole nitrogens is 1. The lowest BCUT2D eigenvalue weighted by Gasteiger charge is -2.29. The summed E-state index contributed by atoms with van der Waals surface area (Å²) >= 11 is 0. The van der Waals surface area contributed by atoms with E-state index in [2.05, 4.69) is 62.5 Å². The van der Waals surface area contributed by atoms with E-state index in [4.69, 9.17) is 28.7 Å². The molecule has 10 atom stereocenters. The molecular weight excluding hydrogens is 1040 g/mol. The maximum absolute atomic E-state index is 14.2. The summed E-state index contributed by atoms with van der Waals surface area (Å²) in [5, 5.41) is 30.5. The predicted molar refractivity (Wildman–Crippen MR) is 295 cm³/mol. The van der Waals surface area contributed by atoms with Gasteiger partial charge < -0.3 is 86.2 Å². The van der Waals surface area contributed by atoms with E-state index in [1.165, 1.54) is 24.3 Å². The van der Waals surface area contributed by atoms with E-state index in [9.17, 15) is 53.1 Å². The van der Waals surface area contributed by atoms with E-state index in [-0.39, 0.29) is 70.1 Å². The Morgan fingerprint density at radius 2 is 1.27 bits per heavy atom. The molecular formula is C51H82N18O11. The molecule has 2 aromatic rings. The van der Waals surface area contributed by atoms with Crippen LogP contribution in [0, 0.1) is 11.8 Å². The zero-order valence-electron chi connectivity index (χ0n) is 46.1. The van der Waals surface area contributed by atoms with E-state index in [0.717, 1.165) is 0 Å². The Hall–Kier alpha value is -8.37. The van der Waals surface area contributed by atoms with Crippen LogP contribution in [0.15, 0.2) is 52.8 Å². The minimum absolute atomic E-state index is 0.00965. The molecule has 1 aromatic heterocycles. The summed E-state index contributed by atoms with van der Waals surface area (Å²) in [6.07, 6.45) is 5.10. The predicted octanol–water partition coefficient (Wildman–Crippen LogP) is -4.04. The fourth-order valence-electron chi connectivity index (χ4n) is 8.40. The molecule has 9 amide bonds. The molecule has 0 unspecified atom stereocenters. The van der Waals surface area contributed by atoms with Crippen LogP contribution in [-0.2, 0) is 60.8 Å². The first-order valence-electron chi connectivity index (χ1n) is 26.7. The van der Waals surface area contributed by atoms with Gasteiger partial charge in [-0.05, 0) is 62.8 Å². The molecule has 29 heteroatoms.